The molecule has 3 aromatic heterocycles. The van der Waals surface area contributed by atoms with Crippen molar-refractivity contribution in [2.24, 2.45) is 0 Å². The summed E-state index contributed by atoms with van der Waals surface area (Å²) in [6.07, 6.45) is 3.60. The minimum atomic E-state index is -0.552. The van der Waals surface area contributed by atoms with E-state index in [1.165, 1.54) is 0 Å². The maximum absolute atomic E-state index is 13.7. The predicted molar refractivity (Wildman–Crippen MR) is 146 cm³/mol. The zero-order valence-electron chi connectivity index (χ0n) is 22.0. The molecule has 5 rings (SSSR count). The van der Waals surface area contributed by atoms with Gasteiger partial charge < -0.3 is 9.72 Å². The van der Waals surface area contributed by atoms with Gasteiger partial charge in [-0.15, -0.1) is 5.10 Å². The van der Waals surface area contributed by atoms with Crippen LogP contribution in [0.3, 0.4) is 0 Å². The number of tetrazole rings is 1. The van der Waals surface area contributed by atoms with Gasteiger partial charge in [0.15, 0.2) is 5.82 Å². The predicted octanol–water partition coefficient (Wildman–Crippen LogP) is 4.47. The molecule has 194 valence electrons. The summed E-state index contributed by atoms with van der Waals surface area (Å²) in [5, 5.41) is 13.7. The van der Waals surface area contributed by atoms with E-state index in [1.807, 2.05) is 81.6 Å². The molecule has 1 N–H and O–H groups in total. The van der Waals surface area contributed by atoms with E-state index in [2.05, 4.69) is 42.5 Å². The number of methoxy groups -OCH3 is 1. The summed E-state index contributed by atoms with van der Waals surface area (Å²) < 4.78 is 7.25. The molecular formula is C29H31N7O2. The minimum absolute atomic E-state index is 0.194. The molecule has 1 unspecified atom stereocenters. The van der Waals surface area contributed by atoms with Crippen molar-refractivity contribution in [2.45, 2.75) is 45.4 Å². The highest BCUT2D eigenvalue weighted by molar-refractivity contribution is 5.80. The largest absolute Gasteiger partial charge is 0.497 e. The molecule has 9 nitrogen and oxygen atoms in total. The highest BCUT2D eigenvalue weighted by atomic mass is 16.5. The summed E-state index contributed by atoms with van der Waals surface area (Å²) >= 11 is 0. The Balaban J connectivity index is 1.73. The Morgan fingerprint density at radius 2 is 1.76 bits per heavy atom. The minimum Gasteiger partial charge on any atom is -0.497 e. The molecule has 0 aliphatic heterocycles. The molecule has 0 saturated carbocycles. The first-order valence-electron chi connectivity index (χ1n) is 12.5. The molecule has 0 amide bonds. The van der Waals surface area contributed by atoms with E-state index < -0.39 is 11.6 Å². The van der Waals surface area contributed by atoms with Crippen LogP contribution in [-0.2, 0) is 18.6 Å². The fourth-order valence-corrected chi connectivity index (χ4v) is 4.66. The maximum Gasteiger partial charge on any atom is 0.253 e. The third-order valence-electron chi connectivity index (χ3n) is 6.45. The van der Waals surface area contributed by atoms with Gasteiger partial charge in [-0.3, -0.25) is 14.7 Å². The van der Waals surface area contributed by atoms with Crippen molar-refractivity contribution in [3.63, 3.8) is 0 Å². The molecule has 3 heterocycles. The number of aromatic nitrogens is 6. The SMILES string of the molecule is COc1ccc2[nH]c(=O)c(C(c3nnnn3C(C)(C)C)N(Cc3ccccc3)Cc3cccnc3)cc2c1. The first kappa shape index (κ1) is 25.3. The lowest BCUT2D eigenvalue weighted by Crippen LogP contribution is -2.37. The van der Waals surface area contributed by atoms with Crippen LogP contribution in [0.25, 0.3) is 10.9 Å². The summed E-state index contributed by atoms with van der Waals surface area (Å²) in [6, 6.07) is 21.1. The Bertz CT molecular complexity index is 1530. The standard InChI is InChI=1S/C29H31N7O2/c1-29(2,3)36-27(32-33-34-36)26(24-16-22-15-23(38-4)12-13-25(22)31-28(24)37)35(18-20-9-6-5-7-10-20)19-21-11-8-14-30-17-21/h5-17,26H,18-19H2,1-4H3,(H,31,37). The molecule has 0 spiro atoms. The molecule has 38 heavy (non-hydrogen) atoms. The van der Waals surface area contributed by atoms with Gasteiger partial charge in [0.2, 0.25) is 0 Å². The van der Waals surface area contributed by atoms with Crippen molar-refractivity contribution in [3.05, 3.63) is 112 Å². The number of ether oxygens (including phenoxy) is 1. The van der Waals surface area contributed by atoms with Crippen LogP contribution >= 0.6 is 0 Å². The quantitative estimate of drug-likeness (QED) is 0.329. The number of fused-ring (bicyclic) bond motifs is 1. The summed E-state index contributed by atoms with van der Waals surface area (Å²) in [4.78, 5) is 23.3. The van der Waals surface area contributed by atoms with Gasteiger partial charge in [0, 0.05) is 41.9 Å². The van der Waals surface area contributed by atoms with Crippen molar-refractivity contribution < 1.29 is 4.74 Å². The number of aromatic amines is 1. The van der Waals surface area contributed by atoms with E-state index in [-0.39, 0.29) is 5.56 Å². The molecule has 0 fully saturated rings. The molecule has 5 aromatic rings. The Morgan fingerprint density at radius 1 is 1.00 bits per heavy atom. The highest BCUT2D eigenvalue weighted by Gasteiger charge is 2.33. The average molecular weight is 510 g/mol. The monoisotopic (exact) mass is 509 g/mol. The van der Waals surface area contributed by atoms with Crippen molar-refractivity contribution in [2.75, 3.05) is 7.11 Å². The molecule has 0 radical (unpaired) electrons. The van der Waals surface area contributed by atoms with Crippen LogP contribution in [0.4, 0.5) is 0 Å². The van der Waals surface area contributed by atoms with E-state index in [4.69, 9.17) is 4.74 Å². The maximum atomic E-state index is 13.7. The third kappa shape index (κ3) is 5.33. The first-order chi connectivity index (χ1) is 18.3. The zero-order chi connectivity index (χ0) is 26.7. The van der Waals surface area contributed by atoms with Crippen LogP contribution in [0.2, 0.25) is 0 Å². The average Bonchev–Trinajstić information content (AvgIpc) is 3.40. The molecule has 0 bridgehead atoms. The van der Waals surface area contributed by atoms with E-state index in [1.54, 1.807) is 18.0 Å². The summed E-state index contributed by atoms with van der Waals surface area (Å²) in [6.45, 7) is 7.22. The number of pyridine rings is 2. The molecule has 0 aliphatic carbocycles. The van der Waals surface area contributed by atoms with Crippen molar-refractivity contribution in [1.29, 1.82) is 0 Å². The van der Waals surface area contributed by atoms with Gasteiger partial charge in [0.05, 0.1) is 12.6 Å². The molecular weight excluding hydrogens is 478 g/mol. The molecule has 9 heteroatoms. The van der Waals surface area contributed by atoms with Crippen LogP contribution in [-0.4, -0.2) is 42.2 Å². The van der Waals surface area contributed by atoms with E-state index >= 15 is 0 Å². The smallest absolute Gasteiger partial charge is 0.253 e. The number of nitrogens with one attached hydrogen (secondary N) is 1. The summed E-state index contributed by atoms with van der Waals surface area (Å²) in [7, 11) is 1.63. The Kier molecular flexibility index (Phi) is 7.02. The number of rotatable bonds is 8. The Labute approximate surface area is 221 Å². The van der Waals surface area contributed by atoms with Crippen LogP contribution < -0.4 is 10.3 Å². The van der Waals surface area contributed by atoms with Gasteiger partial charge in [-0.25, -0.2) is 4.68 Å². The summed E-state index contributed by atoms with van der Waals surface area (Å²) in [5.41, 5.74) is 2.80. The first-order valence-corrected chi connectivity index (χ1v) is 12.5. The topological polar surface area (TPSA) is 102 Å². The van der Waals surface area contributed by atoms with Gasteiger partial charge in [-0.2, -0.15) is 0 Å². The van der Waals surface area contributed by atoms with E-state index in [9.17, 15) is 4.79 Å². The lowest BCUT2D eigenvalue weighted by atomic mass is 10.00. The van der Waals surface area contributed by atoms with E-state index in [0.29, 0.717) is 30.2 Å². The van der Waals surface area contributed by atoms with Crippen molar-refractivity contribution in [1.82, 2.24) is 35.1 Å². The van der Waals surface area contributed by atoms with Crippen molar-refractivity contribution >= 4 is 10.9 Å². The lowest BCUT2D eigenvalue weighted by Gasteiger charge is -2.33. The second kappa shape index (κ2) is 10.5. The van der Waals surface area contributed by atoms with Crippen LogP contribution in [0.1, 0.15) is 49.3 Å². The fraction of sp³-hybridized carbons (Fsp3) is 0.276. The molecule has 2 aromatic carbocycles. The Morgan fingerprint density at radius 3 is 2.47 bits per heavy atom. The second-order valence-electron chi connectivity index (χ2n) is 10.3. The molecule has 0 saturated heterocycles. The van der Waals surface area contributed by atoms with Crippen LogP contribution in [0.5, 0.6) is 5.75 Å². The third-order valence-corrected chi connectivity index (χ3v) is 6.45. The van der Waals surface area contributed by atoms with Crippen molar-refractivity contribution in [3.8, 4) is 5.75 Å². The van der Waals surface area contributed by atoms with Crippen LogP contribution in [0.15, 0.2) is 83.9 Å². The highest BCUT2D eigenvalue weighted by Crippen LogP contribution is 2.32. The van der Waals surface area contributed by atoms with Gasteiger partial charge in [-0.05, 0) is 72.7 Å². The lowest BCUT2D eigenvalue weighted by molar-refractivity contribution is 0.184. The zero-order valence-corrected chi connectivity index (χ0v) is 22.0. The normalized spacial score (nSPS) is 12.7. The van der Waals surface area contributed by atoms with Gasteiger partial charge in [0.1, 0.15) is 11.8 Å². The number of nitrogens with zero attached hydrogens (tertiary/aromatic N) is 6. The summed E-state index contributed by atoms with van der Waals surface area (Å²) in [5.74, 6) is 1.30. The van der Waals surface area contributed by atoms with Crippen LogP contribution in [0, 0.1) is 0 Å². The molecule has 0 aliphatic rings. The Hall–Kier alpha value is -4.37. The van der Waals surface area contributed by atoms with E-state index in [0.717, 1.165) is 22.0 Å². The number of benzene rings is 2. The second-order valence-corrected chi connectivity index (χ2v) is 10.3. The number of hydrogen-bond donors (Lipinski definition) is 1. The van der Waals surface area contributed by atoms with Gasteiger partial charge in [-0.1, -0.05) is 36.4 Å². The molecule has 1 atom stereocenters. The van der Waals surface area contributed by atoms with Gasteiger partial charge >= 0.3 is 0 Å². The number of H-pyrrole nitrogens is 1. The number of hydrogen-bond acceptors (Lipinski definition) is 7. The fourth-order valence-electron chi connectivity index (χ4n) is 4.66. The van der Waals surface area contributed by atoms with Gasteiger partial charge in [0.25, 0.3) is 5.56 Å².